The molecule has 0 radical (unpaired) electrons. The van der Waals surface area contributed by atoms with E-state index in [0.29, 0.717) is 0 Å². The Morgan fingerprint density at radius 3 is 1.81 bits per heavy atom. The van der Waals surface area contributed by atoms with Gasteiger partial charge in [0, 0.05) is 6.61 Å². The normalized spacial score (nSPS) is 34.8. The van der Waals surface area contributed by atoms with Crippen LogP contribution in [0.5, 0.6) is 0 Å². The molecule has 2 rings (SSSR count). The Hall–Kier alpha value is -0.560. The molecular formula is C20H34O. The summed E-state index contributed by atoms with van der Waals surface area (Å²) in [5.41, 5.74) is 0. The van der Waals surface area contributed by atoms with E-state index < -0.39 is 0 Å². The molecule has 2 aliphatic carbocycles. The third-order valence-corrected chi connectivity index (χ3v) is 5.59. The van der Waals surface area contributed by atoms with Crippen LogP contribution in [-0.2, 0) is 4.74 Å². The quantitative estimate of drug-likeness (QED) is 0.446. The molecule has 21 heavy (non-hydrogen) atoms. The average Bonchev–Trinajstić information content (AvgIpc) is 2.53. The van der Waals surface area contributed by atoms with E-state index in [9.17, 15) is 0 Å². The van der Waals surface area contributed by atoms with E-state index in [1.165, 1.54) is 51.4 Å². The van der Waals surface area contributed by atoms with Gasteiger partial charge in [-0.2, -0.15) is 0 Å². The van der Waals surface area contributed by atoms with Gasteiger partial charge in [0.2, 0.25) is 0 Å². The number of ether oxygens (including phenoxy) is 1. The van der Waals surface area contributed by atoms with Gasteiger partial charge in [-0.15, -0.1) is 0 Å². The van der Waals surface area contributed by atoms with Crippen molar-refractivity contribution < 1.29 is 4.74 Å². The van der Waals surface area contributed by atoms with Crippen LogP contribution in [0.1, 0.15) is 65.2 Å². The fourth-order valence-corrected chi connectivity index (χ4v) is 4.32. The van der Waals surface area contributed by atoms with E-state index in [2.05, 4.69) is 38.2 Å². The van der Waals surface area contributed by atoms with Gasteiger partial charge in [-0.25, -0.2) is 0 Å². The fourth-order valence-electron chi connectivity index (χ4n) is 4.32. The molecule has 1 nitrogen and oxygen atoms in total. The Morgan fingerprint density at radius 1 is 0.810 bits per heavy atom. The summed E-state index contributed by atoms with van der Waals surface area (Å²) < 4.78 is 5.38. The number of hydrogen-bond donors (Lipinski definition) is 0. The Morgan fingerprint density at radius 2 is 1.33 bits per heavy atom. The Labute approximate surface area is 131 Å². The van der Waals surface area contributed by atoms with Crippen LogP contribution in [0, 0.1) is 23.7 Å². The minimum Gasteiger partial charge on any atom is -0.378 e. The van der Waals surface area contributed by atoms with Gasteiger partial charge >= 0.3 is 0 Å². The van der Waals surface area contributed by atoms with Gasteiger partial charge in [-0.05, 0) is 88.9 Å². The lowest BCUT2D eigenvalue weighted by molar-refractivity contribution is 0.164. The Bertz CT molecular complexity index is 315. The summed E-state index contributed by atoms with van der Waals surface area (Å²) in [7, 11) is 0. The summed E-state index contributed by atoms with van der Waals surface area (Å²) in [5, 5.41) is 0. The molecule has 0 aromatic heterocycles. The first-order valence-corrected chi connectivity index (χ1v) is 9.20. The zero-order valence-electron chi connectivity index (χ0n) is 14.1. The largest absolute Gasteiger partial charge is 0.378 e. The maximum Gasteiger partial charge on any atom is 0.0647 e. The maximum atomic E-state index is 5.38. The van der Waals surface area contributed by atoms with E-state index in [4.69, 9.17) is 4.74 Å². The van der Waals surface area contributed by atoms with E-state index >= 15 is 0 Å². The average molecular weight is 290 g/mol. The molecule has 0 N–H and O–H groups in total. The van der Waals surface area contributed by atoms with Crippen LogP contribution < -0.4 is 0 Å². The predicted octanol–water partition coefficient (Wildman–Crippen LogP) is 5.77. The summed E-state index contributed by atoms with van der Waals surface area (Å²) in [4.78, 5) is 0. The highest BCUT2D eigenvalue weighted by Crippen LogP contribution is 2.41. The first-order chi connectivity index (χ1) is 10.3. The molecule has 2 aliphatic rings. The van der Waals surface area contributed by atoms with Crippen LogP contribution >= 0.6 is 0 Å². The monoisotopic (exact) mass is 290 g/mol. The highest BCUT2D eigenvalue weighted by Gasteiger charge is 2.29. The Balaban J connectivity index is 1.66. The SMILES string of the molecule is C/C=C/[C@H]1CC[C@H](C2CCC(/C=C/COCC)CC2)CC1. The third kappa shape index (κ3) is 5.62. The van der Waals surface area contributed by atoms with Crippen LogP contribution in [0.25, 0.3) is 0 Å². The Kier molecular flexibility index (Phi) is 7.57. The van der Waals surface area contributed by atoms with Crippen LogP contribution in [-0.4, -0.2) is 13.2 Å². The van der Waals surface area contributed by atoms with Crippen molar-refractivity contribution in [2.45, 2.75) is 65.2 Å². The maximum absolute atomic E-state index is 5.38. The summed E-state index contributed by atoms with van der Waals surface area (Å²) >= 11 is 0. The molecule has 2 fully saturated rings. The zero-order chi connectivity index (χ0) is 14.9. The van der Waals surface area contributed by atoms with Crippen LogP contribution in [0.3, 0.4) is 0 Å². The molecule has 0 heterocycles. The molecule has 0 saturated heterocycles. The molecule has 0 aromatic carbocycles. The van der Waals surface area contributed by atoms with Crippen molar-refractivity contribution in [2.24, 2.45) is 23.7 Å². The minimum absolute atomic E-state index is 0.797. The van der Waals surface area contributed by atoms with Crippen molar-refractivity contribution in [1.82, 2.24) is 0 Å². The lowest BCUT2D eigenvalue weighted by atomic mass is 9.69. The number of allylic oxidation sites excluding steroid dienone is 3. The summed E-state index contributed by atoms with van der Waals surface area (Å²) in [6, 6.07) is 0. The molecule has 0 bridgehead atoms. The standard InChI is InChI=1S/C20H34O/c1-3-6-17-8-12-19(13-9-17)20-14-10-18(11-15-20)7-5-16-21-4-2/h3,5-7,17-20H,4,8-16H2,1-2H3/b6-3+,7-5+/t17-,18?,19-,20?. The number of hydrogen-bond acceptors (Lipinski definition) is 1. The van der Waals surface area contributed by atoms with Gasteiger partial charge in [0.05, 0.1) is 6.61 Å². The molecule has 0 spiro atoms. The minimum atomic E-state index is 0.797. The molecular weight excluding hydrogens is 256 g/mol. The van der Waals surface area contributed by atoms with Crippen LogP contribution in [0.2, 0.25) is 0 Å². The molecule has 1 heteroatoms. The summed E-state index contributed by atoms with van der Waals surface area (Å²) in [6.07, 6.45) is 20.9. The molecule has 0 unspecified atom stereocenters. The van der Waals surface area contributed by atoms with Crippen molar-refractivity contribution in [1.29, 1.82) is 0 Å². The van der Waals surface area contributed by atoms with Gasteiger partial charge in [0.15, 0.2) is 0 Å². The molecule has 0 amide bonds. The second-order valence-electron chi connectivity index (χ2n) is 6.96. The second kappa shape index (κ2) is 9.46. The topological polar surface area (TPSA) is 9.23 Å². The molecule has 0 aromatic rings. The zero-order valence-corrected chi connectivity index (χ0v) is 14.1. The van der Waals surface area contributed by atoms with Gasteiger partial charge in [-0.1, -0.05) is 24.3 Å². The van der Waals surface area contributed by atoms with Gasteiger partial charge in [0.25, 0.3) is 0 Å². The lowest BCUT2D eigenvalue weighted by Crippen LogP contribution is -2.25. The summed E-state index contributed by atoms with van der Waals surface area (Å²) in [6.45, 7) is 5.84. The molecule has 0 aliphatic heterocycles. The molecule has 120 valence electrons. The predicted molar refractivity (Wildman–Crippen MR) is 91.3 cm³/mol. The molecule has 2 saturated carbocycles. The third-order valence-electron chi connectivity index (χ3n) is 5.59. The van der Waals surface area contributed by atoms with Crippen molar-refractivity contribution in [3.8, 4) is 0 Å². The molecule has 0 atom stereocenters. The van der Waals surface area contributed by atoms with Crippen molar-refractivity contribution in [3.63, 3.8) is 0 Å². The highest BCUT2D eigenvalue weighted by atomic mass is 16.5. The van der Waals surface area contributed by atoms with Crippen molar-refractivity contribution in [2.75, 3.05) is 13.2 Å². The first-order valence-electron chi connectivity index (χ1n) is 9.20. The van der Waals surface area contributed by atoms with E-state index in [-0.39, 0.29) is 0 Å². The highest BCUT2D eigenvalue weighted by molar-refractivity contribution is 4.94. The second-order valence-corrected chi connectivity index (χ2v) is 6.96. The van der Waals surface area contributed by atoms with E-state index in [0.717, 1.165) is 36.9 Å². The van der Waals surface area contributed by atoms with Crippen molar-refractivity contribution >= 4 is 0 Å². The lowest BCUT2D eigenvalue weighted by Gasteiger charge is -2.36. The fraction of sp³-hybridized carbons (Fsp3) is 0.800. The van der Waals surface area contributed by atoms with Gasteiger partial charge < -0.3 is 4.74 Å². The van der Waals surface area contributed by atoms with E-state index in [1.54, 1.807) is 0 Å². The number of rotatable bonds is 6. The van der Waals surface area contributed by atoms with Gasteiger partial charge in [-0.3, -0.25) is 0 Å². The van der Waals surface area contributed by atoms with Crippen molar-refractivity contribution in [3.05, 3.63) is 24.3 Å². The van der Waals surface area contributed by atoms with E-state index in [1.807, 2.05) is 0 Å². The smallest absolute Gasteiger partial charge is 0.0647 e. The van der Waals surface area contributed by atoms with Crippen LogP contribution in [0.15, 0.2) is 24.3 Å². The van der Waals surface area contributed by atoms with Crippen LogP contribution in [0.4, 0.5) is 0 Å². The van der Waals surface area contributed by atoms with Gasteiger partial charge in [0.1, 0.15) is 0 Å². The first kappa shape index (κ1) is 16.8. The summed E-state index contributed by atoms with van der Waals surface area (Å²) in [5.74, 6) is 3.75.